The van der Waals surface area contributed by atoms with Crippen LogP contribution in [0.15, 0.2) is 18.2 Å². The van der Waals surface area contributed by atoms with Gasteiger partial charge in [0, 0.05) is 13.1 Å². The third kappa shape index (κ3) is 3.30. The Balaban J connectivity index is 2.19. The highest BCUT2D eigenvalue weighted by Crippen LogP contribution is 2.29. The van der Waals surface area contributed by atoms with Crippen LogP contribution in [0, 0.1) is 0 Å². The van der Waals surface area contributed by atoms with E-state index in [1.165, 1.54) is 4.90 Å². The molecule has 7 heteroatoms. The van der Waals surface area contributed by atoms with E-state index >= 15 is 0 Å². The summed E-state index contributed by atoms with van der Waals surface area (Å²) in [5.74, 6) is 0. The van der Waals surface area contributed by atoms with Gasteiger partial charge in [0.2, 0.25) is 0 Å². The molecule has 0 bridgehead atoms. The Kier molecular flexibility index (Phi) is 4.52. The standard InChI is InChI=1S/C12H14Cl2N2O3/c13-8-2-1-7(5-9(8)14)11-10(15)6-16(12(17)18)3-4-19-11/h1-2,5,10-11H,3-4,6,15H2,(H,17,18). The lowest BCUT2D eigenvalue weighted by molar-refractivity contribution is 0.0517. The molecule has 104 valence electrons. The lowest BCUT2D eigenvalue weighted by Crippen LogP contribution is -2.41. The molecule has 1 fully saturated rings. The lowest BCUT2D eigenvalue weighted by atomic mass is 10.0. The Morgan fingerprint density at radius 3 is 2.79 bits per heavy atom. The van der Waals surface area contributed by atoms with E-state index in [1.54, 1.807) is 18.2 Å². The molecule has 1 amide bonds. The highest BCUT2D eigenvalue weighted by atomic mass is 35.5. The molecule has 0 radical (unpaired) electrons. The zero-order valence-corrected chi connectivity index (χ0v) is 11.6. The van der Waals surface area contributed by atoms with Gasteiger partial charge in [0.25, 0.3) is 0 Å². The number of carboxylic acid groups (broad SMARTS) is 1. The van der Waals surface area contributed by atoms with Gasteiger partial charge in [-0.2, -0.15) is 0 Å². The molecule has 19 heavy (non-hydrogen) atoms. The number of ether oxygens (including phenoxy) is 1. The van der Waals surface area contributed by atoms with E-state index in [2.05, 4.69) is 0 Å². The van der Waals surface area contributed by atoms with E-state index in [9.17, 15) is 4.79 Å². The zero-order valence-electron chi connectivity index (χ0n) is 10.1. The third-order valence-corrected chi connectivity index (χ3v) is 3.76. The average Bonchev–Trinajstić information content (AvgIpc) is 2.55. The molecule has 2 atom stereocenters. The molecule has 1 aliphatic rings. The van der Waals surface area contributed by atoms with Gasteiger partial charge in [0.15, 0.2) is 0 Å². The molecule has 1 aromatic rings. The minimum Gasteiger partial charge on any atom is -0.465 e. The summed E-state index contributed by atoms with van der Waals surface area (Å²) >= 11 is 11.8. The van der Waals surface area contributed by atoms with Crippen molar-refractivity contribution >= 4 is 29.3 Å². The van der Waals surface area contributed by atoms with Crippen LogP contribution in [0.25, 0.3) is 0 Å². The second-order valence-electron chi connectivity index (χ2n) is 4.36. The fourth-order valence-corrected chi connectivity index (χ4v) is 2.37. The highest BCUT2D eigenvalue weighted by Gasteiger charge is 2.28. The first-order chi connectivity index (χ1) is 8.99. The van der Waals surface area contributed by atoms with E-state index in [0.29, 0.717) is 23.2 Å². The van der Waals surface area contributed by atoms with Crippen molar-refractivity contribution in [2.45, 2.75) is 12.1 Å². The molecule has 1 aromatic carbocycles. The Hall–Kier alpha value is -1.01. The number of nitrogens with two attached hydrogens (primary N) is 1. The molecule has 0 aromatic heterocycles. The first kappa shape index (κ1) is 14.4. The summed E-state index contributed by atoms with van der Waals surface area (Å²) in [6.07, 6.45) is -1.38. The molecule has 1 heterocycles. The van der Waals surface area contributed by atoms with Crippen molar-refractivity contribution in [1.29, 1.82) is 0 Å². The van der Waals surface area contributed by atoms with E-state index in [0.717, 1.165) is 5.56 Å². The predicted octanol–water partition coefficient (Wildman–Crippen LogP) is 2.37. The summed E-state index contributed by atoms with van der Waals surface area (Å²) in [6, 6.07) is 4.71. The van der Waals surface area contributed by atoms with Gasteiger partial charge in [-0.3, -0.25) is 0 Å². The van der Waals surface area contributed by atoms with Gasteiger partial charge in [-0.05, 0) is 17.7 Å². The van der Waals surface area contributed by atoms with E-state index in [4.69, 9.17) is 38.8 Å². The van der Waals surface area contributed by atoms with E-state index < -0.39 is 12.1 Å². The summed E-state index contributed by atoms with van der Waals surface area (Å²) in [5.41, 5.74) is 6.82. The van der Waals surface area contributed by atoms with Gasteiger partial charge >= 0.3 is 6.09 Å². The Labute approximate surface area is 120 Å². The largest absolute Gasteiger partial charge is 0.465 e. The van der Waals surface area contributed by atoms with Crippen molar-refractivity contribution in [2.24, 2.45) is 5.73 Å². The van der Waals surface area contributed by atoms with Gasteiger partial charge in [0.05, 0.1) is 28.8 Å². The smallest absolute Gasteiger partial charge is 0.407 e. The summed E-state index contributed by atoms with van der Waals surface area (Å²) in [4.78, 5) is 12.2. The maximum absolute atomic E-state index is 11.0. The number of amides is 1. The van der Waals surface area contributed by atoms with E-state index in [1.807, 2.05) is 0 Å². The first-order valence-electron chi connectivity index (χ1n) is 5.79. The highest BCUT2D eigenvalue weighted by molar-refractivity contribution is 6.42. The molecular formula is C12H14Cl2N2O3. The average molecular weight is 305 g/mol. The quantitative estimate of drug-likeness (QED) is 0.835. The fourth-order valence-electron chi connectivity index (χ4n) is 2.06. The second kappa shape index (κ2) is 5.96. The molecule has 0 spiro atoms. The number of halogens is 2. The summed E-state index contributed by atoms with van der Waals surface area (Å²) in [7, 11) is 0. The second-order valence-corrected chi connectivity index (χ2v) is 5.17. The maximum atomic E-state index is 11.0. The Morgan fingerprint density at radius 2 is 2.16 bits per heavy atom. The van der Waals surface area contributed by atoms with Gasteiger partial charge in [-0.1, -0.05) is 29.3 Å². The molecule has 5 nitrogen and oxygen atoms in total. The first-order valence-corrected chi connectivity index (χ1v) is 6.54. The Bertz CT molecular complexity index is 484. The van der Waals surface area contributed by atoms with Gasteiger partial charge < -0.3 is 20.5 Å². The van der Waals surface area contributed by atoms with Gasteiger partial charge in [0.1, 0.15) is 0 Å². The van der Waals surface area contributed by atoms with Crippen LogP contribution in [0.1, 0.15) is 11.7 Å². The van der Waals surface area contributed by atoms with Crippen LogP contribution < -0.4 is 5.73 Å². The molecule has 0 aliphatic carbocycles. The van der Waals surface area contributed by atoms with Crippen LogP contribution >= 0.6 is 23.2 Å². The number of hydrogen-bond donors (Lipinski definition) is 2. The van der Waals surface area contributed by atoms with Crippen molar-refractivity contribution in [3.8, 4) is 0 Å². The van der Waals surface area contributed by atoms with E-state index in [-0.39, 0.29) is 12.6 Å². The van der Waals surface area contributed by atoms with Crippen molar-refractivity contribution in [1.82, 2.24) is 4.90 Å². The fraction of sp³-hybridized carbons (Fsp3) is 0.417. The van der Waals surface area contributed by atoms with Crippen LogP contribution in [0.3, 0.4) is 0 Å². The topological polar surface area (TPSA) is 75.8 Å². The molecule has 2 rings (SSSR count). The molecule has 3 N–H and O–H groups in total. The van der Waals surface area contributed by atoms with Gasteiger partial charge in [-0.25, -0.2) is 4.79 Å². The molecule has 1 saturated heterocycles. The van der Waals surface area contributed by atoms with Crippen LogP contribution in [0.4, 0.5) is 4.79 Å². The minimum atomic E-state index is -0.992. The minimum absolute atomic E-state index is 0.222. The number of benzene rings is 1. The molecular weight excluding hydrogens is 291 g/mol. The SMILES string of the molecule is NC1CN(C(=O)O)CCOC1c1ccc(Cl)c(Cl)c1. The number of rotatable bonds is 1. The number of carbonyl (C=O) groups is 1. The number of nitrogens with zero attached hydrogens (tertiary/aromatic N) is 1. The normalized spacial score (nSPS) is 24.1. The molecule has 1 aliphatic heterocycles. The van der Waals surface area contributed by atoms with Crippen LogP contribution in [-0.2, 0) is 4.74 Å². The summed E-state index contributed by atoms with van der Waals surface area (Å²) in [6.45, 7) is 0.825. The number of hydrogen-bond acceptors (Lipinski definition) is 3. The van der Waals surface area contributed by atoms with Crippen molar-refractivity contribution in [2.75, 3.05) is 19.7 Å². The van der Waals surface area contributed by atoms with Gasteiger partial charge in [-0.15, -0.1) is 0 Å². The zero-order chi connectivity index (χ0) is 14.0. The van der Waals surface area contributed by atoms with Crippen molar-refractivity contribution in [3.63, 3.8) is 0 Å². The third-order valence-electron chi connectivity index (χ3n) is 3.02. The Morgan fingerprint density at radius 1 is 1.42 bits per heavy atom. The lowest BCUT2D eigenvalue weighted by Gasteiger charge is -2.23. The molecule has 2 unspecified atom stereocenters. The molecule has 0 saturated carbocycles. The summed E-state index contributed by atoms with van der Waals surface area (Å²) < 4.78 is 5.64. The van der Waals surface area contributed by atoms with Crippen LogP contribution in [0.2, 0.25) is 10.0 Å². The predicted molar refractivity (Wildman–Crippen MR) is 72.7 cm³/mol. The summed E-state index contributed by atoms with van der Waals surface area (Å²) in [5, 5.41) is 9.88. The monoisotopic (exact) mass is 304 g/mol. The van der Waals surface area contributed by atoms with Crippen molar-refractivity contribution in [3.05, 3.63) is 33.8 Å². The van der Waals surface area contributed by atoms with Crippen LogP contribution in [-0.4, -0.2) is 41.8 Å². The maximum Gasteiger partial charge on any atom is 0.407 e. The van der Waals surface area contributed by atoms with Crippen LogP contribution in [0.5, 0.6) is 0 Å². The van der Waals surface area contributed by atoms with Crippen molar-refractivity contribution < 1.29 is 14.6 Å².